The summed E-state index contributed by atoms with van der Waals surface area (Å²) in [5.41, 5.74) is 7.35. The maximum atomic E-state index is 13.4. The van der Waals surface area contributed by atoms with Crippen LogP contribution in [0.1, 0.15) is 30.0 Å². The van der Waals surface area contributed by atoms with Crippen molar-refractivity contribution in [3.63, 3.8) is 0 Å². The van der Waals surface area contributed by atoms with Gasteiger partial charge in [0.2, 0.25) is 0 Å². The standard InChI is InChI=1S/C13H19FN2/c1-9-2-5-11(6-12(9)14)13(7-15)16-8-10-3-4-10/h2,5-6,10,13,16H,3-4,7-8,15H2,1H3. The van der Waals surface area contributed by atoms with Crippen molar-refractivity contribution < 1.29 is 4.39 Å². The van der Waals surface area contributed by atoms with Crippen molar-refractivity contribution in [2.24, 2.45) is 11.7 Å². The molecule has 3 N–H and O–H groups in total. The summed E-state index contributed by atoms with van der Waals surface area (Å²) < 4.78 is 13.4. The van der Waals surface area contributed by atoms with Crippen LogP contribution in [0.5, 0.6) is 0 Å². The maximum absolute atomic E-state index is 13.4. The van der Waals surface area contributed by atoms with E-state index in [1.54, 1.807) is 13.0 Å². The summed E-state index contributed by atoms with van der Waals surface area (Å²) in [7, 11) is 0. The number of nitrogens with one attached hydrogen (secondary N) is 1. The topological polar surface area (TPSA) is 38.0 Å². The SMILES string of the molecule is Cc1ccc(C(CN)NCC2CC2)cc1F. The Labute approximate surface area is 96.0 Å². The molecule has 1 aromatic rings. The van der Waals surface area contributed by atoms with Crippen LogP contribution in [0.25, 0.3) is 0 Å². The number of benzene rings is 1. The van der Waals surface area contributed by atoms with Gasteiger partial charge in [0.25, 0.3) is 0 Å². The van der Waals surface area contributed by atoms with E-state index < -0.39 is 0 Å². The number of halogens is 1. The summed E-state index contributed by atoms with van der Waals surface area (Å²) in [6.45, 7) is 3.28. The Balaban J connectivity index is 2.02. The first-order chi connectivity index (χ1) is 7.70. The van der Waals surface area contributed by atoms with Gasteiger partial charge in [-0.1, -0.05) is 12.1 Å². The van der Waals surface area contributed by atoms with Gasteiger partial charge in [-0.2, -0.15) is 0 Å². The highest BCUT2D eigenvalue weighted by molar-refractivity contribution is 5.26. The van der Waals surface area contributed by atoms with Crippen LogP contribution in [-0.4, -0.2) is 13.1 Å². The van der Waals surface area contributed by atoms with Crippen molar-refractivity contribution in [3.8, 4) is 0 Å². The average molecular weight is 222 g/mol. The van der Waals surface area contributed by atoms with Gasteiger partial charge >= 0.3 is 0 Å². The van der Waals surface area contributed by atoms with E-state index in [-0.39, 0.29) is 11.9 Å². The van der Waals surface area contributed by atoms with E-state index >= 15 is 0 Å². The van der Waals surface area contributed by atoms with Crippen LogP contribution >= 0.6 is 0 Å². The molecule has 0 radical (unpaired) electrons. The molecule has 1 aliphatic rings. The van der Waals surface area contributed by atoms with Gasteiger partial charge in [0.15, 0.2) is 0 Å². The zero-order valence-electron chi connectivity index (χ0n) is 9.67. The molecule has 0 amide bonds. The molecule has 0 spiro atoms. The first-order valence-corrected chi connectivity index (χ1v) is 5.90. The van der Waals surface area contributed by atoms with Crippen LogP contribution < -0.4 is 11.1 Å². The van der Waals surface area contributed by atoms with Crippen LogP contribution in [-0.2, 0) is 0 Å². The van der Waals surface area contributed by atoms with Crippen molar-refractivity contribution in [2.75, 3.05) is 13.1 Å². The molecule has 2 rings (SSSR count). The number of nitrogens with two attached hydrogens (primary N) is 1. The smallest absolute Gasteiger partial charge is 0.126 e. The summed E-state index contributed by atoms with van der Waals surface area (Å²) >= 11 is 0. The highest BCUT2D eigenvalue weighted by atomic mass is 19.1. The van der Waals surface area contributed by atoms with Crippen LogP contribution in [0.15, 0.2) is 18.2 Å². The summed E-state index contributed by atoms with van der Waals surface area (Å²) in [4.78, 5) is 0. The molecule has 1 saturated carbocycles. The molecule has 2 nitrogen and oxygen atoms in total. The minimum atomic E-state index is -0.149. The zero-order valence-corrected chi connectivity index (χ0v) is 9.67. The monoisotopic (exact) mass is 222 g/mol. The Hall–Kier alpha value is -0.930. The molecule has 1 aromatic carbocycles. The van der Waals surface area contributed by atoms with Crippen molar-refractivity contribution >= 4 is 0 Å². The van der Waals surface area contributed by atoms with Gasteiger partial charge < -0.3 is 11.1 Å². The van der Waals surface area contributed by atoms with E-state index in [1.165, 1.54) is 12.8 Å². The Morgan fingerprint density at radius 1 is 1.50 bits per heavy atom. The Morgan fingerprint density at radius 2 is 2.25 bits per heavy atom. The largest absolute Gasteiger partial charge is 0.329 e. The highest BCUT2D eigenvalue weighted by Gasteiger charge is 2.22. The molecule has 0 heterocycles. The minimum absolute atomic E-state index is 0.0794. The Morgan fingerprint density at radius 3 is 2.81 bits per heavy atom. The summed E-state index contributed by atoms with van der Waals surface area (Å²) in [6, 6.07) is 5.44. The van der Waals surface area contributed by atoms with Crippen molar-refractivity contribution in [3.05, 3.63) is 35.1 Å². The van der Waals surface area contributed by atoms with E-state index in [1.807, 2.05) is 12.1 Å². The van der Waals surface area contributed by atoms with Gasteiger partial charge in [0.05, 0.1) is 0 Å². The lowest BCUT2D eigenvalue weighted by Crippen LogP contribution is -2.29. The lowest BCUT2D eigenvalue weighted by atomic mass is 10.0. The molecule has 0 saturated heterocycles. The predicted octanol–water partition coefficient (Wildman–Crippen LogP) is 2.13. The molecule has 0 bridgehead atoms. The predicted molar refractivity (Wildman–Crippen MR) is 63.7 cm³/mol. The average Bonchev–Trinajstić information content (AvgIpc) is 3.08. The fourth-order valence-electron chi connectivity index (χ4n) is 1.79. The molecule has 1 atom stereocenters. The van der Waals surface area contributed by atoms with E-state index in [0.717, 1.165) is 18.0 Å². The van der Waals surface area contributed by atoms with Gasteiger partial charge in [-0.25, -0.2) is 4.39 Å². The van der Waals surface area contributed by atoms with E-state index in [4.69, 9.17) is 5.73 Å². The van der Waals surface area contributed by atoms with Crippen LogP contribution in [0.4, 0.5) is 4.39 Å². The number of hydrogen-bond acceptors (Lipinski definition) is 2. The Bertz CT molecular complexity index is 361. The van der Waals surface area contributed by atoms with Crippen LogP contribution in [0.3, 0.4) is 0 Å². The van der Waals surface area contributed by atoms with E-state index in [9.17, 15) is 4.39 Å². The number of rotatable bonds is 5. The lowest BCUT2D eigenvalue weighted by molar-refractivity contribution is 0.517. The second-order valence-electron chi connectivity index (χ2n) is 4.65. The van der Waals surface area contributed by atoms with Gasteiger partial charge in [0, 0.05) is 12.6 Å². The van der Waals surface area contributed by atoms with Gasteiger partial charge in [-0.05, 0) is 49.4 Å². The molecule has 0 aromatic heterocycles. The third-order valence-corrected chi connectivity index (χ3v) is 3.18. The summed E-state index contributed by atoms with van der Waals surface area (Å²) in [6.07, 6.45) is 2.62. The maximum Gasteiger partial charge on any atom is 0.126 e. The van der Waals surface area contributed by atoms with Crippen molar-refractivity contribution in [2.45, 2.75) is 25.8 Å². The van der Waals surface area contributed by atoms with E-state index in [0.29, 0.717) is 12.1 Å². The fourth-order valence-corrected chi connectivity index (χ4v) is 1.79. The summed E-state index contributed by atoms with van der Waals surface area (Å²) in [5.74, 6) is 0.661. The highest BCUT2D eigenvalue weighted by Crippen LogP contribution is 2.28. The van der Waals surface area contributed by atoms with Crippen LogP contribution in [0, 0.1) is 18.7 Å². The Kier molecular flexibility index (Phi) is 3.56. The first kappa shape index (κ1) is 11.6. The lowest BCUT2D eigenvalue weighted by Gasteiger charge is -2.17. The second kappa shape index (κ2) is 4.93. The van der Waals surface area contributed by atoms with Crippen molar-refractivity contribution in [1.82, 2.24) is 5.32 Å². The minimum Gasteiger partial charge on any atom is -0.329 e. The quantitative estimate of drug-likeness (QED) is 0.801. The normalized spacial score (nSPS) is 17.4. The molecule has 1 aliphatic carbocycles. The zero-order chi connectivity index (χ0) is 11.5. The fraction of sp³-hybridized carbons (Fsp3) is 0.538. The number of hydrogen-bond donors (Lipinski definition) is 2. The number of aryl methyl sites for hydroxylation is 1. The molecule has 1 fully saturated rings. The molecular weight excluding hydrogens is 203 g/mol. The van der Waals surface area contributed by atoms with E-state index in [2.05, 4.69) is 5.32 Å². The summed E-state index contributed by atoms with van der Waals surface area (Å²) in [5, 5.41) is 3.40. The van der Waals surface area contributed by atoms with Gasteiger partial charge in [0.1, 0.15) is 5.82 Å². The van der Waals surface area contributed by atoms with Gasteiger partial charge in [-0.15, -0.1) is 0 Å². The molecule has 3 heteroatoms. The van der Waals surface area contributed by atoms with Crippen LogP contribution in [0.2, 0.25) is 0 Å². The second-order valence-corrected chi connectivity index (χ2v) is 4.65. The third kappa shape index (κ3) is 2.80. The molecular formula is C13H19FN2. The van der Waals surface area contributed by atoms with Crippen molar-refractivity contribution in [1.29, 1.82) is 0 Å². The first-order valence-electron chi connectivity index (χ1n) is 5.90. The molecule has 16 heavy (non-hydrogen) atoms. The molecule has 1 unspecified atom stereocenters. The van der Waals surface area contributed by atoms with Gasteiger partial charge in [-0.3, -0.25) is 0 Å². The third-order valence-electron chi connectivity index (χ3n) is 3.18. The molecule has 0 aliphatic heterocycles. The molecule has 88 valence electrons.